The van der Waals surface area contributed by atoms with Crippen LogP contribution in [-0.2, 0) is 0 Å². The Balaban J connectivity index is 2.43. The third-order valence-electron chi connectivity index (χ3n) is 2.87. The molecule has 0 aliphatic carbocycles. The van der Waals surface area contributed by atoms with Crippen molar-refractivity contribution in [2.45, 2.75) is 0 Å². The molecule has 2 heterocycles. The second-order valence-electron chi connectivity index (χ2n) is 3.83. The van der Waals surface area contributed by atoms with Crippen LogP contribution in [0, 0.1) is 0 Å². The molecule has 0 saturated heterocycles. The summed E-state index contributed by atoms with van der Waals surface area (Å²) in [5.74, 6) is -0.179. The summed E-state index contributed by atoms with van der Waals surface area (Å²) in [5.41, 5.74) is 2.23. The number of aromatic amines is 1. The summed E-state index contributed by atoms with van der Waals surface area (Å²) in [5, 5.41) is 4.73. The summed E-state index contributed by atoms with van der Waals surface area (Å²) < 4.78 is 0. The summed E-state index contributed by atoms with van der Waals surface area (Å²) in [7, 11) is 1.60. The molecule has 1 aromatic carbocycles. The van der Waals surface area contributed by atoms with Gasteiger partial charge in [-0.05, 0) is 12.1 Å². The zero-order chi connectivity index (χ0) is 11.8. The molecule has 3 aromatic rings. The Hall–Kier alpha value is -2.36. The van der Waals surface area contributed by atoms with Crippen LogP contribution in [0.5, 0.6) is 0 Å². The van der Waals surface area contributed by atoms with Gasteiger partial charge in [-0.2, -0.15) is 0 Å². The van der Waals surface area contributed by atoms with Crippen molar-refractivity contribution < 1.29 is 4.79 Å². The average molecular weight is 225 g/mol. The number of rotatable bonds is 1. The number of benzene rings is 1. The van der Waals surface area contributed by atoms with Crippen LogP contribution in [0.1, 0.15) is 10.5 Å². The van der Waals surface area contributed by atoms with E-state index in [1.807, 2.05) is 30.3 Å². The van der Waals surface area contributed by atoms with E-state index in [1.54, 1.807) is 13.2 Å². The normalized spacial score (nSPS) is 10.9. The topological polar surface area (TPSA) is 57.8 Å². The van der Waals surface area contributed by atoms with Crippen LogP contribution in [0.25, 0.3) is 21.8 Å². The minimum absolute atomic E-state index is 0.179. The molecule has 0 bridgehead atoms. The number of carbonyl (C=O) groups excluding carboxylic acids is 1. The van der Waals surface area contributed by atoms with E-state index in [0.29, 0.717) is 5.69 Å². The van der Waals surface area contributed by atoms with Crippen molar-refractivity contribution >= 4 is 27.7 Å². The van der Waals surface area contributed by atoms with Crippen LogP contribution in [0.2, 0.25) is 0 Å². The van der Waals surface area contributed by atoms with Gasteiger partial charge in [0.2, 0.25) is 0 Å². The van der Waals surface area contributed by atoms with Crippen molar-refractivity contribution in [2.75, 3.05) is 7.05 Å². The third kappa shape index (κ3) is 1.38. The Bertz CT molecular complexity index is 715. The van der Waals surface area contributed by atoms with Crippen molar-refractivity contribution in [3.05, 3.63) is 42.2 Å². The fourth-order valence-corrected chi connectivity index (χ4v) is 2.06. The van der Waals surface area contributed by atoms with Crippen LogP contribution in [0.3, 0.4) is 0 Å². The third-order valence-corrected chi connectivity index (χ3v) is 2.87. The van der Waals surface area contributed by atoms with Crippen LogP contribution in [0.4, 0.5) is 0 Å². The van der Waals surface area contributed by atoms with Gasteiger partial charge in [0.15, 0.2) is 5.69 Å². The van der Waals surface area contributed by atoms with Gasteiger partial charge in [0, 0.05) is 29.5 Å². The number of nitrogens with zero attached hydrogens (tertiary/aromatic N) is 1. The Kier molecular flexibility index (Phi) is 2.08. The van der Waals surface area contributed by atoms with Gasteiger partial charge >= 0.3 is 0 Å². The quantitative estimate of drug-likeness (QED) is 0.666. The molecule has 84 valence electrons. The molecule has 1 amide bonds. The smallest absolute Gasteiger partial charge is 0.271 e. The number of hydrogen-bond donors (Lipinski definition) is 2. The number of carbonyl (C=O) groups is 1. The van der Waals surface area contributed by atoms with Gasteiger partial charge in [-0.15, -0.1) is 0 Å². The molecule has 0 radical (unpaired) electrons. The fraction of sp³-hybridized carbons (Fsp3) is 0.0769. The van der Waals surface area contributed by atoms with Gasteiger partial charge in [0.1, 0.15) is 0 Å². The number of H-pyrrole nitrogens is 1. The summed E-state index contributed by atoms with van der Waals surface area (Å²) in [4.78, 5) is 19.1. The molecule has 0 aliphatic rings. The highest BCUT2D eigenvalue weighted by atomic mass is 16.1. The van der Waals surface area contributed by atoms with Crippen LogP contribution in [0.15, 0.2) is 36.5 Å². The van der Waals surface area contributed by atoms with E-state index in [9.17, 15) is 4.79 Å². The molecule has 4 nitrogen and oxygen atoms in total. The van der Waals surface area contributed by atoms with Gasteiger partial charge in [0.05, 0.1) is 5.52 Å². The lowest BCUT2D eigenvalue weighted by Crippen LogP contribution is -2.19. The lowest BCUT2D eigenvalue weighted by Gasteiger charge is -1.99. The van der Waals surface area contributed by atoms with Crippen molar-refractivity contribution in [1.82, 2.24) is 15.3 Å². The Morgan fingerprint density at radius 1 is 1.24 bits per heavy atom. The van der Waals surface area contributed by atoms with E-state index in [1.165, 1.54) is 0 Å². The van der Waals surface area contributed by atoms with Crippen molar-refractivity contribution in [3.63, 3.8) is 0 Å². The molecular weight excluding hydrogens is 214 g/mol. The first-order valence-corrected chi connectivity index (χ1v) is 5.39. The predicted molar refractivity (Wildman–Crippen MR) is 67.0 cm³/mol. The minimum atomic E-state index is -0.179. The van der Waals surface area contributed by atoms with Crippen molar-refractivity contribution in [1.29, 1.82) is 0 Å². The van der Waals surface area contributed by atoms with E-state index in [0.717, 1.165) is 21.8 Å². The molecule has 0 fully saturated rings. The highest BCUT2D eigenvalue weighted by Gasteiger charge is 2.13. The molecule has 0 spiro atoms. The predicted octanol–water partition coefficient (Wildman–Crippen LogP) is 2.08. The number of para-hydroxylation sites is 1. The van der Waals surface area contributed by atoms with E-state index in [4.69, 9.17) is 0 Å². The average Bonchev–Trinajstić information content (AvgIpc) is 2.76. The monoisotopic (exact) mass is 225 g/mol. The number of hydrogen-bond acceptors (Lipinski definition) is 2. The summed E-state index contributed by atoms with van der Waals surface area (Å²) in [6.45, 7) is 0. The van der Waals surface area contributed by atoms with Crippen molar-refractivity contribution in [3.8, 4) is 0 Å². The number of fused-ring (bicyclic) bond motifs is 3. The van der Waals surface area contributed by atoms with Crippen LogP contribution < -0.4 is 5.32 Å². The number of amides is 1. The van der Waals surface area contributed by atoms with Gasteiger partial charge in [-0.1, -0.05) is 18.2 Å². The standard InChI is InChI=1S/C13H11N3O/c1-14-13(17)12-11-9(6-7-15-12)8-4-2-3-5-10(8)16-11/h2-7,16H,1H3,(H,14,17). The fourth-order valence-electron chi connectivity index (χ4n) is 2.06. The maximum atomic E-state index is 11.7. The molecule has 0 atom stereocenters. The zero-order valence-corrected chi connectivity index (χ0v) is 9.32. The molecule has 17 heavy (non-hydrogen) atoms. The molecule has 2 N–H and O–H groups in total. The molecule has 3 rings (SSSR count). The van der Waals surface area contributed by atoms with Crippen molar-refractivity contribution in [2.24, 2.45) is 0 Å². The number of aromatic nitrogens is 2. The largest absolute Gasteiger partial charge is 0.354 e. The highest BCUT2D eigenvalue weighted by molar-refractivity contribution is 6.13. The molecular formula is C13H11N3O. The first kappa shape index (κ1) is 9.84. The maximum absolute atomic E-state index is 11.7. The number of pyridine rings is 1. The number of nitrogens with one attached hydrogen (secondary N) is 2. The highest BCUT2D eigenvalue weighted by Crippen LogP contribution is 2.26. The lowest BCUT2D eigenvalue weighted by molar-refractivity contribution is 0.0960. The van der Waals surface area contributed by atoms with Gasteiger partial charge < -0.3 is 10.3 Å². The van der Waals surface area contributed by atoms with E-state index < -0.39 is 0 Å². The molecule has 4 heteroatoms. The van der Waals surface area contributed by atoms with E-state index in [2.05, 4.69) is 15.3 Å². The lowest BCUT2D eigenvalue weighted by atomic mass is 10.1. The van der Waals surface area contributed by atoms with Gasteiger partial charge in [-0.3, -0.25) is 4.79 Å². The van der Waals surface area contributed by atoms with Gasteiger partial charge in [0.25, 0.3) is 5.91 Å². The minimum Gasteiger partial charge on any atom is -0.354 e. The maximum Gasteiger partial charge on any atom is 0.271 e. The first-order valence-electron chi connectivity index (χ1n) is 5.39. The Morgan fingerprint density at radius 2 is 2.06 bits per heavy atom. The first-order chi connectivity index (χ1) is 8.31. The summed E-state index contributed by atoms with van der Waals surface area (Å²) >= 11 is 0. The molecule has 2 aromatic heterocycles. The molecule has 0 unspecified atom stereocenters. The van der Waals surface area contributed by atoms with Crippen LogP contribution in [-0.4, -0.2) is 22.9 Å². The summed E-state index contributed by atoms with van der Waals surface area (Å²) in [6, 6.07) is 9.88. The second-order valence-corrected chi connectivity index (χ2v) is 3.83. The second kappa shape index (κ2) is 3.59. The van der Waals surface area contributed by atoms with Gasteiger partial charge in [-0.25, -0.2) is 4.98 Å². The molecule has 0 saturated carbocycles. The van der Waals surface area contributed by atoms with E-state index >= 15 is 0 Å². The Morgan fingerprint density at radius 3 is 2.88 bits per heavy atom. The zero-order valence-electron chi connectivity index (χ0n) is 9.32. The Labute approximate surface area is 97.7 Å². The van der Waals surface area contributed by atoms with E-state index in [-0.39, 0.29) is 5.91 Å². The summed E-state index contributed by atoms with van der Waals surface area (Å²) in [6.07, 6.45) is 1.66. The molecule has 0 aliphatic heterocycles. The SMILES string of the molecule is CNC(=O)c1nccc2c1[nH]c1ccccc12. The van der Waals surface area contributed by atoms with Crippen LogP contribution >= 0.6 is 0 Å².